The molecule has 13 heteroatoms. The maximum Gasteiger partial charge on any atom is 0.439 e. The Morgan fingerprint density at radius 3 is 2.56 bits per heavy atom. The van der Waals surface area contributed by atoms with Crippen molar-refractivity contribution in [1.29, 1.82) is 0 Å². The van der Waals surface area contributed by atoms with Crippen molar-refractivity contribution in [2.45, 2.75) is 38.3 Å². The van der Waals surface area contributed by atoms with Crippen LogP contribution in [0.25, 0.3) is 22.0 Å². The summed E-state index contributed by atoms with van der Waals surface area (Å²) in [5, 5.41) is 14.1. The molecule has 9 nitrogen and oxygen atoms in total. The van der Waals surface area contributed by atoms with E-state index < -0.39 is 17.5 Å². The number of rotatable bonds is 8. The molecule has 0 radical (unpaired) electrons. The zero-order valence-corrected chi connectivity index (χ0v) is 21.6. The topological polar surface area (TPSA) is 114 Å². The van der Waals surface area contributed by atoms with E-state index in [1.54, 1.807) is 18.2 Å². The van der Waals surface area contributed by atoms with Gasteiger partial charge in [0.15, 0.2) is 5.82 Å². The lowest BCUT2D eigenvalue weighted by Gasteiger charge is -2.29. The number of aromatic nitrogens is 3. The lowest BCUT2D eigenvalue weighted by molar-refractivity contribution is -0.137. The average Bonchev–Trinajstić information content (AvgIpc) is 3.54. The van der Waals surface area contributed by atoms with Crippen molar-refractivity contribution in [2.24, 2.45) is 0 Å². The zero-order valence-electron chi connectivity index (χ0n) is 20.8. The fourth-order valence-electron chi connectivity index (χ4n) is 4.29. The summed E-state index contributed by atoms with van der Waals surface area (Å²) in [4.78, 5) is 21.6. The predicted octanol–water partition coefficient (Wildman–Crippen LogP) is 4.72. The number of methoxy groups -OCH3 is 1. The molecule has 2 aromatic carbocycles. The standard InChI is InChI=1S/C26H25F3N4O5S/c1-36-21-12-18(6-7-19(21)23-31-25(35)38-32-23)37-14-22-20(13-33-10-8-17(34)9-11-33)30-24(39-22)15-2-4-16(5-3-15)26(27,28)29/h2-7,12,17,34H,8-11,13-14H2,1H3,(H,31,32,35). The molecule has 5 rings (SSSR count). The van der Waals surface area contributed by atoms with Crippen molar-refractivity contribution < 1.29 is 32.3 Å². The molecular weight excluding hydrogens is 537 g/mol. The Morgan fingerprint density at radius 2 is 1.92 bits per heavy atom. The van der Waals surface area contributed by atoms with Gasteiger partial charge in [-0.05, 0) is 37.1 Å². The van der Waals surface area contributed by atoms with Crippen LogP contribution >= 0.6 is 11.3 Å². The lowest BCUT2D eigenvalue weighted by Crippen LogP contribution is -2.35. The van der Waals surface area contributed by atoms with Crippen molar-refractivity contribution >= 4 is 11.3 Å². The maximum atomic E-state index is 13.0. The van der Waals surface area contributed by atoms with E-state index >= 15 is 0 Å². The second-order valence-corrected chi connectivity index (χ2v) is 10.1. The second-order valence-electron chi connectivity index (χ2n) is 9.07. The number of thiazole rings is 1. The number of hydrogen-bond donors (Lipinski definition) is 2. The Morgan fingerprint density at radius 1 is 1.18 bits per heavy atom. The Kier molecular flexibility index (Phi) is 7.73. The van der Waals surface area contributed by atoms with E-state index in [-0.39, 0.29) is 18.5 Å². The Balaban J connectivity index is 1.38. The van der Waals surface area contributed by atoms with Gasteiger partial charge in [0.1, 0.15) is 23.1 Å². The smallest absolute Gasteiger partial charge is 0.439 e. The zero-order chi connectivity index (χ0) is 27.6. The van der Waals surface area contributed by atoms with Gasteiger partial charge in [-0.3, -0.25) is 14.4 Å². The number of halogens is 3. The minimum Gasteiger partial charge on any atom is -0.496 e. The van der Waals surface area contributed by atoms with Gasteiger partial charge in [-0.1, -0.05) is 17.3 Å². The fourth-order valence-corrected chi connectivity index (χ4v) is 5.27. The molecule has 0 aliphatic carbocycles. The van der Waals surface area contributed by atoms with Crippen LogP contribution in [0.5, 0.6) is 11.5 Å². The van der Waals surface area contributed by atoms with E-state index in [4.69, 9.17) is 14.5 Å². The third-order valence-electron chi connectivity index (χ3n) is 6.41. The van der Waals surface area contributed by atoms with Crippen LogP contribution in [-0.4, -0.2) is 51.4 Å². The molecule has 4 aromatic rings. The van der Waals surface area contributed by atoms with Gasteiger partial charge in [0.25, 0.3) is 0 Å². The minimum absolute atomic E-state index is 0.174. The number of aliphatic hydroxyl groups is 1. The summed E-state index contributed by atoms with van der Waals surface area (Å²) < 4.78 is 55.2. The largest absolute Gasteiger partial charge is 0.496 e. The van der Waals surface area contributed by atoms with Crippen LogP contribution in [0.1, 0.15) is 29.0 Å². The highest BCUT2D eigenvalue weighted by Crippen LogP contribution is 2.35. The third-order valence-corrected chi connectivity index (χ3v) is 7.53. The summed E-state index contributed by atoms with van der Waals surface area (Å²) in [5.74, 6) is 0.454. The summed E-state index contributed by atoms with van der Waals surface area (Å²) in [5.41, 5.74) is 1.16. The number of alkyl halides is 3. The van der Waals surface area contributed by atoms with E-state index in [9.17, 15) is 23.1 Å². The van der Waals surface area contributed by atoms with Crippen molar-refractivity contribution in [2.75, 3.05) is 20.2 Å². The van der Waals surface area contributed by atoms with Crippen LogP contribution in [0.4, 0.5) is 13.2 Å². The first kappa shape index (κ1) is 26.9. The molecular formula is C26H25F3N4O5S. The molecule has 0 amide bonds. The molecule has 1 fully saturated rings. The number of H-pyrrole nitrogens is 1. The lowest BCUT2D eigenvalue weighted by atomic mass is 10.1. The minimum atomic E-state index is -4.41. The highest BCUT2D eigenvalue weighted by molar-refractivity contribution is 7.15. The first-order valence-corrected chi connectivity index (χ1v) is 12.9. The molecule has 0 unspecified atom stereocenters. The van der Waals surface area contributed by atoms with Crippen LogP contribution in [0.3, 0.4) is 0 Å². The van der Waals surface area contributed by atoms with E-state index in [1.165, 1.54) is 30.6 Å². The van der Waals surface area contributed by atoms with Gasteiger partial charge >= 0.3 is 11.9 Å². The normalized spacial score (nSPS) is 15.0. The molecule has 0 bridgehead atoms. The highest BCUT2D eigenvalue weighted by Gasteiger charge is 2.30. The van der Waals surface area contributed by atoms with Crippen LogP contribution in [-0.2, 0) is 19.3 Å². The molecule has 0 spiro atoms. The number of benzene rings is 2. The number of hydrogen-bond acceptors (Lipinski definition) is 9. The molecule has 0 saturated carbocycles. The molecule has 1 aliphatic rings. The summed E-state index contributed by atoms with van der Waals surface area (Å²) >= 11 is 1.36. The van der Waals surface area contributed by atoms with Crippen LogP contribution in [0.2, 0.25) is 0 Å². The summed E-state index contributed by atoms with van der Waals surface area (Å²) in [7, 11) is 1.48. The Labute approximate surface area is 224 Å². The molecule has 39 heavy (non-hydrogen) atoms. The van der Waals surface area contributed by atoms with E-state index in [0.29, 0.717) is 47.0 Å². The van der Waals surface area contributed by atoms with E-state index in [0.717, 1.165) is 35.8 Å². The number of ether oxygens (including phenoxy) is 2. The number of aromatic amines is 1. The van der Waals surface area contributed by atoms with Crippen molar-refractivity contribution in [1.82, 2.24) is 20.0 Å². The fraction of sp³-hybridized carbons (Fsp3) is 0.346. The van der Waals surface area contributed by atoms with Gasteiger partial charge in [-0.15, -0.1) is 11.3 Å². The highest BCUT2D eigenvalue weighted by atomic mass is 32.1. The Hall–Kier alpha value is -3.68. The Bertz CT molecular complexity index is 1470. The molecule has 1 saturated heterocycles. The molecule has 3 heterocycles. The number of aliphatic hydroxyl groups excluding tert-OH is 1. The monoisotopic (exact) mass is 562 g/mol. The third kappa shape index (κ3) is 6.32. The van der Waals surface area contributed by atoms with Gasteiger partial charge in [0.2, 0.25) is 0 Å². The van der Waals surface area contributed by atoms with Crippen LogP contribution in [0, 0.1) is 0 Å². The number of likely N-dealkylation sites (tertiary alicyclic amines) is 1. The van der Waals surface area contributed by atoms with Gasteiger partial charge in [-0.2, -0.15) is 13.2 Å². The SMILES string of the molecule is COc1cc(OCc2sc(-c3ccc(C(F)(F)F)cc3)nc2CN2CCC(O)CC2)ccc1-c1noc(=O)[nH]1. The molecule has 0 atom stereocenters. The average molecular weight is 563 g/mol. The second kappa shape index (κ2) is 11.2. The van der Waals surface area contributed by atoms with Crippen molar-refractivity contribution in [3.63, 3.8) is 0 Å². The van der Waals surface area contributed by atoms with E-state index in [1.807, 2.05) is 0 Å². The maximum absolute atomic E-state index is 13.0. The number of nitrogens with one attached hydrogen (secondary N) is 1. The summed E-state index contributed by atoms with van der Waals surface area (Å²) in [6, 6.07) is 9.99. The molecule has 2 aromatic heterocycles. The number of piperidine rings is 1. The molecule has 2 N–H and O–H groups in total. The summed E-state index contributed by atoms with van der Waals surface area (Å²) in [6.07, 6.45) is -3.38. The first-order valence-electron chi connectivity index (χ1n) is 12.1. The number of nitrogens with zero attached hydrogens (tertiary/aromatic N) is 3. The van der Waals surface area contributed by atoms with Crippen molar-refractivity contribution in [3.05, 3.63) is 69.1 Å². The van der Waals surface area contributed by atoms with Gasteiger partial charge in [-0.25, -0.2) is 9.78 Å². The first-order chi connectivity index (χ1) is 18.7. The van der Waals surface area contributed by atoms with E-state index in [2.05, 4.69) is 19.6 Å². The predicted molar refractivity (Wildman–Crippen MR) is 137 cm³/mol. The van der Waals surface area contributed by atoms with Gasteiger partial charge in [0, 0.05) is 31.3 Å². The van der Waals surface area contributed by atoms with Crippen molar-refractivity contribution in [3.8, 4) is 33.5 Å². The molecule has 1 aliphatic heterocycles. The molecule has 206 valence electrons. The van der Waals surface area contributed by atoms with Gasteiger partial charge < -0.3 is 14.6 Å². The summed E-state index contributed by atoms with van der Waals surface area (Å²) in [6.45, 7) is 2.15. The van der Waals surface area contributed by atoms with Crippen LogP contribution in [0.15, 0.2) is 51.8 Å². The van der Waals surface area contributed by atoms with Crippen LogP contribution < -0.4 is 15.2 Å². The van der Waals surface area contributed by atoms with Gasteiger partial charge in [0.05, 0.1) is 34.9 Å². The quantitative estimate of drug-likeness (QED) is 0.317.